The van der Waals surface area contributed by atoms with E-state index in [-0.39, 0.29) is 11.9 Å². The van der Waals surface area contributed by atoms with Gasteiger partial charge in [-0.2, -0.15) is 0 Å². The normalized spacial score (nSPS) is 15.1. The second-order valence-corrected chi connectivity index (χ2v) is 5.52. The molecule has 0 saturated heterocycles. The molecule has 112 valence electrons. The standard InChI is InChI=1S/C14H28N2O3/c1-7-9-10(3)15-12(17)11(4)16(8-2)14(5,6)13(18)19/h10-11H,7-9H2,1-6H3,(H,15,17)(H,18,19). The fourth-order valence-electron chi connectivity index (χ4n) is 2.29. The molecule has 2 N–H and O–H groups in total. The second kappa shape index (κ2) is 7.48. The van der Waals surface area contributed by atoms with Gasteiger partial charge in [-0.05, 0) is 40.7 Å². The predicted molar refractivity (Wildman–Crippen MR) is 76.1 cm³/mol. The molecule has 0 aliphatic rings. The van der Waals surface area contributed by atoms with Gasteiger partial charge in [-0.1, -0.05) is 20.3 Å². The number of hydrogen-bond acceptors (Lipinski definition) is 3. The van der Waals surface area contributed by atoms with Crippen LogP contribution in [0.3, 0.4) is 0 Å². The number of rotatable bonds is 8. The molecular weight excluding hydrogens is 244 g/mol. The van der Waals surface area contributed by atoms with Gasteiger partial charge >= 0.3 is 5.97 Å². The number of hydrogen-bond donors (Lipinski definition) is 2. The molecule has 0 aliphatic carbocycles. The van der Waals surface area contributed by atoms with Gasteiger partial charge in [0, 0.05) is 6.04 Å². The maximum Gasteiger partial charge on any atom is 0.323 e. The summed E-state index contributed by atoms with van der Waals surface area (Å²) in [6.45, 7) is 11.4. The number of amides is 1. The topological polar surface area (TPSA) is 69.6 Å². The average molecular weight is 272 g/mol. The third-order valence-corrected chi connectivity index (χ3v) is 3.54. The number of likely N-dealkylation sites (N-methyl/N-ethyl adjacent to an activating group) is 1. The highest BCUT2D eigenvalue weighted by Gasteiger charge is 2.38. The third kappa shape index (κ3) is 4.82. The van der Waals surface area contributed by atoms with E-state index in [0.29, 0.717) is 6.54 Å². The quantitative estimate of drug-likeness (QED) is 0.707. The molecule has 0 spiro atoms. The molecule has 0 aliphatic heterocycles. The highest BCUT2D eigenvalue weighted by Crippen LogP contribution is 2.18. The third-order valence-electron chi connectivity index (χ3n) is 3.54. The number of carboxylic acid groups (broad SMARTS) is 1. The summed E-state index contributed by atoms with van der Waals surface area (Å²) in [4.78, 5) is 25.1. The molecule has 0 radical (unpaired) electrons. The summed E-state index contributed by atoms with van der Waals surface area (Å²) in [7, 11) is 0. The van der Waals surface area contributed by atoms with Crippen LogP contribution >= 0.6 is 0 Å². The van der Waals surface area contributed by atoms with Crippen molar-refractivity contribution in [3.63, 3.8) is 0 Å². The monoisotopic (exact) mass is 272 g/mol. The lowest BCUT2D eigenvalue weighted by atomic mass is 10.00. The Hall–Kier alpha value is -1.10. The van der Waals surface area contributed by atoms with E-state index in [1.165, 1.54) is 0 Å². The van der Waals surface area contributed by atoms with Crippen LogP contribution in [0.1, 0.15) is 54.4 Å². The molecule has 0 fully saturated rings. The highest BCUT2D eigenvalue weighted by molar-refractivity contribution is 5.84. The first kappa shape index (κ1) is 17.9. The van der Waals surface area contributed by atoms with Crippen LogP contribution in [0.5, 0.6) is 0 Å². The minimum absolute atomic E-state index is 0.114. The van der Waals surface area contributed by atoms with Gasteiger partial charge in [-0.25, -0.2) is 0 Å². The number of aliphatic carboxylic acids is 1. The van der Waals surface area contributed by atoms with E-state index in [0.717, 1.165) is 12.8 Å². The van der Waals surface area contributed by atoms with Crippen molar-refractivity contribution >= 4 is 11.9 Å². The Labute approximate surface area is 116 Å². The summed E-state index contributed by atoms with van der Waals surface area (Å²) in [6.07, 6.45) is 1.93. The maximum atomic E-state index is 12.2. The van der Waals surface area contributed by atoms with Crippen LogP contribution in [-0.4, -0.2) is 46.1 Å². The van der Waals surface area contributed by atoms with Crippen molar-refractivity contribution in [3.05, 3.63) is 0 Å². The highest BCUT2D eigenvalue weighted by atomic mass is 16.4. The van der Waals surface area contributed by atoms with Gasteiger partial charge in [0.1, 0.15) is 5.54 Å². The van der Waals surface area contributed by atoms with Crippen molar-refractivity contribution < 1.29 is 14.7 Å². The van der Waals surface area contributed by atoms with Gasteiger partial charge in [0.2, 0.25) is 5.91 Å². The Bertz CT molecular complexity index is 316. The van der Waals surface area contributed by atoms with E-state index < -0.39 is 17.6 Å². The first-order valence-electron chi connectivity index (χ1n) is 6.98. The minimum atomic E-state index is -1.06. The van der Waals surface area contributed by atoms with Gasteiger partial charge in [-0.15, -0.1) is 0 Å². The van der Waals surface area contributed by atoms with Gasteiger partial charge in [0.05, 0.1) is 6.04 Å². The Balaban J connectivity index is 4.80. The van der Waals surface area contributed by atoms with Crippen molar-refractivity contribution in [1.29, 1.82) is 0 Å². The van der Waals surface area contributed by atoms with E-state index in [1.54, 1.807) is 25.7 Å². The van der Waals surface area contributed by atoms with Crippen LogP contribution in [0.4, 0.5) is 0 Å². The van der Waals surface area contributed by atoms with E-state index >= 15 is 0 Å². The van der Waals surface area contributed by atoms with Crippen LogP contribution in [0.25, 0.3) is 0 Å². The largest absolute Gasteiger partial charge is 0.480 e. The molecule has 1 amide bonds. The summed E-state index contributed by atoms with van der Waals surface area (Å²) in [5, 5.41) is 12.2. The van der Waals surface area contributed by atoms with Crippen LogP contribution in [0.15, 0.2) is 0 Å². The fourth-order valence-corrected chi connectivity index (χ4v) is 2.29. The molecular formula is C14H28N2O3. The summed E-state index contributed by atoms with van der Waals surface area (Å²) in [6, 6.07) is -0.345. The van der Waals surface area contributed by atoms with Crippen molar-refractivity contribution in [2.24, 2.45) is 0 Å². The Kier molecular flexibility index (Phi) is 7.05. The zero-order valence-electron chi connectivity index (χ0n) is 13.0. The summed E-state index contributed by atoms with van der Waals surface area (Å²) < 4.78 is 0. The lowest BCUT2D eigenvalue weighted by molar-refractivity contribution is -0.152. The van der Waals surface area contributed by atoms with Gasteiger partial charge in [0.15, 0.2) is 0 Å². The number of carbonyl (C=O) groups is 2. The van der Waals surface area contributed by atoms with Crippen molar-refractivity contribution in [2.45, 2.75) is 72.0 Å². The molecule has 0 saturated carbocycles. The number of nitrogens with zero attached hydrogens (tertiary/aromatic N) is 1. The number of nitrogens with one attached hydrogen (secondary N) is 1. The lowest BCUT2D eigenvalue weighted by Gasteiger charge is -2.38. The van der Waals surface area contributed by atoms with E-state index in [4.69, 9.17) is 0 Å². The molecule has 0 aromatic carbocycles. The molecule has 5 nitrogen and oxygen atoms in total. The Morgan fingerprint density at radius 2 is 1.79 bits per heavy atom. The maximum absolute atomic E-state index is 12.2. The van der Waals surface area contributed by atoms with E-state index in [2.05, 4.69) is 12.2 Å². The van der Waals surface area contributed by atoms with Crippen LogP contribution in [-0.2, 0) is 9.59 Å². The van der Waals surface area contributed by atoms with Crippen molar-refractivity contribution in [1.82, 2.24) is 10.2 Å². The molecule has 19 heavy (non-hydrogen) atoms. The molecule has 0 aromatic heterocycles. The van der Waals surface area contributed by atoms with Crippen molar-refractivity contribution in [2.75, 3.05) is 6.54 Å². The zero-order chi connectivity index (χ0) is 15.2. The van der Waals surface area contributed by atoms with Crippen LogP contribution in [0, 0.1) is 0 Å². The van der Waals surface area contributed by atoms with Crippen LogP contribution < -0.4 is 5.32 Å². The first-order chi connectivity index (χ1) is 8.68. The molecule has 0 heterocycles. The van der Waals surface area contributed by atoms with E-state index in [1.807, 2.05) is 13.8 Å². The molecule has 0 aromatic rings. The summed E-state index contributed by atoms with van der Waals surface area (Å²) in [5.74, 6) is -1.03. The molecule has 2 atom stereocenters. The van der Waals surface area contributed by atoms with Crippen LogP contribution in [0.2, 0.25) is 0 Å². The SMILES string of the molecule is CCCC(C)NC(=O)C(C)N(CC)C(C)(C)C(=O)O. The molecule has 2 unspecified atom stereocenters. The predicted octanol–water partition coefficient (Wildman–Crippen LogP) is 1.86. The fraction of sp³-hybridized carbons (Fsp3) is 0.857. The zero-order valence-corrected chi connectivity index (χ0v) is 13.0. The number of carboxylic acids is 1. The van der Waals surface area contributed by atoms with Gasteiger partial charge in [0.25, 0.3) is 0 Å². The lowest BCUT2D eigenvalue weighted by Crippen LogP contribution is -2.58. The van der Waals surface area contributed by atoms with Gasteiger partial charge in [-0.3, -0.25) is 14.5 Å². The average Bonchev–Trinajstić information content (AvgIpc) is 2.29. The summed E-state index contributed by atoms with van der Waals surface area (Å²) >= 11 is 0. The molecule has 5 heteroatoms. The summed E-state index contributed by atoms with van der Waals surface area (Å²) in [5.41, 5.74) is -1.06. The smallest absolute Gasteiger partial charge is 0.323 e. The Morgan fingerprint density at radius 1 is 1.26 bits per heavy atom. The molecule has 0 bridgehead atoms. The second-order valence-electron chi connectivity index (χ2n) is 5.52. The minimum Gasteiger partial charge on any atom is -0.480 e. The van der Waals surface area contributed by atoms with E-state index in [9.17, 15) is 14.7 Å². The molecule has 0 rings (SSSR count). The van der Waals surface area contributed by atoms with Gasteiger partial charge < -0.3 is 10.4 Å². The number of carbonyl (C=O) groups excluding carboxylic acids is 1. The Morgan fingerprint density at radius 3 is 2.16 bits per heavy atom. The van der Waals surface area contributed by atoms with Crippen molar-refractivity contribution in [3.8, 4) is 0 Å². The first-order valence-corrected chi connectivity index (χ1v) is 6.98.